The summed E-state index contributed by atoms with van der Waals surface area (Å²) in [7, 11) is 0. The van der Waals surface area contributed by atoms with Gasteiger partial charge in [-0.3, -0.25) is 14.4 Å². The minimum absolute atomic E-state index is 0.0669. The topological polar surface area (TPSA) is 118 Å². The Kier molecular flexibility index (Phi) is 17.3. The van der Waals surface area contributed by atoms with Gasteiger partial charge in [0.2, 0.25) is 5.91 Å². The number of aliphatic carboxylic acids is 1. The Balaban J connectivity index is 1.75. The van der Waals surface area contributed by atoms with Crippen molar-refractivity contribution in [1.82, 2.24) is 10.3 Å². The van der Waals surface area contributed by atoms with E-state index < -0.39 is 11.9 Å². The number of rotatable bonds is 22. The van der Waals surface area contributed by atoms with E-state index in [0.29, 0.717) is 42.7 Å². The minimum atomic E-state index is -1.04. The molecule has 1 unspecified atom stereocenters. The zero-order chi connectivity index (χ0) is 33.2. The quantitative estimate of drug-likeness (QED) is 0.108. The van der Waals surface area contributed by atoms with Crippen LogP contribution in [0.15, 0.2) is 30.5 Å². The lowest BCUT2D eigenvalue weighted by atomic mass is 9.89. The fourth-order valence-electron chi connectivity index (χ4n) is 5.00. The highest BCUT2D eigenvalue weighted by Gasteiger charge is 2.22. The highest BCUT2D eigenvalue weighted by atomic mass is 35.5. The van der Waals surface area contributed by atoms with Crippen LogP contribution in [-0.2, 0) is 14.4 Å². The second kappa shape index (κ2) is 20.3. The van der Waals surface area contributed by atoms with Crippen molar-refractivity contribution < 1.29 is 24.2 Å². The number of hydrogen-bond acceptors (Lipinski definition) is 6. The van der Waals surface area contributed by atoms with Crippen molar-refractivity contribution in [2.45, 2.75) is 111 Å². The van der Waals surface area contributed by atoms with Crippen molar-refractivity contribution in [3.8, 4) is 5.75 Å². The number of nitrogens with zero attached hydrogens (tertiary/aromatic N) is 1. The molecule has 0 bridgehead atoms. The lowest BCUT2D eigenvalue weighted by Gasteiger charge is -2.18. The summed E-state index contributed by atoms with van der Waals surface area (Å²) in [6.07, 6.45) is 11.2. The number of unbranched alkanes of at least 4 members (excludes halogenated alkanes) is 6. The first-order chi connectivity index (χ1) is 21.3. The molecule has 10 heteroatoms. The fourth-order valence-corrected chi connectivity index (χ4v) is 5.62. The maximum atomic E-state index is 12.7. The summed E-state index contributed by atoms with van der Waals surface area (Å²) in [5, 5.41) is 15.9. The molecule has 1 atom stereocenters. The molecular weight excluding hydrogens is 613 g/mol. The second-order valence-corrected chi connectivity index (χ2v) is 13.8. The molecule has 0 fully saturated rings. The van der Waals surface area contributed by atoms with Gasteiger partial charge in [-0.1, -0.05) is 76.1 Å². The van der Waals surface area contributed by atoms with Crippen LogP contribution in [0.2, 0.25) is 10.0 Å². The Bertz CT molecular complexity index is 1210. The highest BCUT2D eigenvalue weighted by molar-refractivity contribution is 6.37. The molecular formula is C35H51Cl2N3O5. The standard InChI is InChI=1S/C35H51Cl2N3O5/c1-25-14-17-39-31(19-25)38-16-11-9-13-32(42)40-24-28(41)20-26(23-33(43)44)27-21-29(36)34(30(37)22-27)45-18-12-8-6-5-7-10-15-35(2,3)4/h14,17,19,21-22,26H,5-13,15-16,18,20,23-24H2,1-4H3,(H,38,39)(H,40,42)(H,43,44). The number of carboxylic acid groups (broad SMARTS) is 1. The highest BCUT2D eigenvalue weighted by Crippen LogP contribution is 2.38. The summed E-state index contributed by atoms with van der Waals surface area (Å²) in [6.45, 7) is 9.82. The number of halogens is 2. The van der Waals surface area contributed by atoms with Crippen LogP contribution < -0.4 is 15.4 Å². The molecule has 1 aromatic heterocycles. The number of aryl methyl sites for hydroxylation is 1. The average Bonchev–Trinajstić information content (AvgIpc) is 2.95. The number of nitrogens with one attached hydrogen (secondary N) is 2. The van der Waals surface area contributed by atoms with Gasteiger partial charge in [-0.05, 0) is 73.4 Å². The molecule has 0 aliphatic heterocycles. The van der Waals surface area contributed by atoms with E-state index in [1.54, 1.807) is 18.3 Å². The monoisotopic (exact) mass is 663 g/mol. The van der Waals surface area contributed by atoms with Crippen LogP contribution in [0.5, 0.6) is 5.75 Å². The van der Waals surface area contributed by atoms with E-state index in [1.165, 1.54) is 25.7 Å². The van der Waals surface area contributed by atoms with Gasteiger partial charge in [0.15, 0.2) is 11.5 Å². The molecule has 8 nitrogen and oxygen atoms in total. The first-order valence-corrected chi connectivity index (χ1v) is 16.9. The van der Waals surface area contributed by atoms with Gasteiger partial charge in [0.1, 0.15) is 5.82 Å². The summed E-state index contributed by atoms with van der Waals surface area (Å²) in [5.74, 6) is -1.01. The van der Waals surface area contributed by atoms with Crippen LogP contribution in [0.25, 0.3) is 0 Å². The van der Waals surface area contributed by atoms with E-state index in [4.69, 9.17) is 27.9 Å². The number of pyridine rings is 1. The van der Waals surface area contributed by atoms with E-state index in [9.17, 15) is 19.5 Å². The van der Waals surface area contributed by atoms with Gasteiger partial charge in [-0.15, -0.1) is 0 Å². The number of aromatic nitrogens is 1. The van der Waals surface area contributed by atoms with Gasteiger partial charge in [0.25, 0.3) is 0 Å². The second-order valence-electron chi connectivity index (χ2n) is 13.0. The Morgan fingerprint density at radius 3 is 2.24 bits per heavy atom. The number of carbonyl (C=O) groups is 3. The Hall–Kier alpha value is -2.84. The number of carboxylic acids is 1. The Morgan fingerprint density at radius 2 is 1.60 bits per heavy atom. The molecule has 0 saturated carbocycles. The molecule has 45 heavy (non-hydrogen) atoms. The van der Waals surface area contributed by atoms with Crippen LogP contribution in [0.4, 0.5) is 5.82 Å². The predicted octanol–water partition coefficient (Wildman–Crippen LogP) is 8.77. The largest absolute Gasteiger partial charge is 0.490 e. The number of carbonyl (C=O) groups excluding carboxylic acids is 2. The van der Waals surface area contributed by atoms with Gasteiger partial charge in [-0.25, -0.2) is 4.98 Å². The van der Waals surface area contributed by atoms with Crippen molar-refractivity contribution in [2.75, 3.05) is 25.0 Å². The summed E-state index contributed by atoms with van der Waals surface area (Å²) < 4.78 is 5.87. The van der Waals surface area contributed by atoms with Gasteiger partial charge < -0.3 is 20.5 Å². The fraction of sp³-hybridized carbons (Fsp3) is 0.600. The molecule has 1 amide bonds. The number of anilines is 1. The van der Waals surface area contributed by atoms with Crippen molar-refractivity contribution >= 4 is 46.7 Å². The van der Waals surface area contributed by atoms with E-state index >= 15 is 0 Å². The van der Waals surface area contributed by atoms with E-state index in [0.717, 1.165) is 37.1 Å². The van der Waals surface area contributed by atoms with Gasteiger partial charge in [0.05, 0.1) is 29.6 Å². The zero-order valence-electron chi connectivity index (χ0n) is 27.4. The van der Waals surface area contributed by atoms with Crippen molar-refractivity contribution in [3.05, 3.63) is 51.6 Å². The predicted molar refractivity (Wildman–Crippen MR) is 183 cm³/mol. The molecule has 250 valence electrons. The summed E-state index contributed by atoms with van der Waals surface area (Å²) in [4.78, 5) is 40.8. The normalized spacial score (nSPS) is 12.0. The molecule has 1 heterocycles. The van der Waals surface area contributed by atoms with Crippen LogP contribution >= 0.6 is 23.2 Å². The minimum Gasteiger partial charge on any atom is -0.490 e. The molecule has 0 aliphatic rings. The third-order valence-corrected chi connectivity index (χ3v) is 8.05. The van der Waals surface area contributed by atoms with Crippen LogP contribution in [0.3, 0.4) is 0 Å². The summed E-state index contributed by atoms with van der Waals surface area (Å²) in [5.41, 5.74) is 2.06. The maximum absolute atomic E-state index is 12.7. The number of ether oxygens (including phenoxy) is 1. The Labute approximate surface area is 279 Å². The smallest absolute Gasteiger partial charge is 0.303 e. The van der Waals surface area contributed by atoms with E-state index in [-0.39, 0.29) is 41.1 Å². The number of amides is 1. The molecule has 1 aromatic carbocycles. The van der Waals surface area contributed by atoms with Gasteiger partial charge in [-0.2, -0.15) is 0 Å². The number of ketones is 1. The molecule has 3 N–H and O–H groups in total. The molecule has 0 aliphatic carbocycles. The number of benzene rings is 1. The third kappa shape index (κ3) is 16.9. The van der Waals surface area contributed by atoms with Gasteiger partial charge >= 0.3 is 5.97 Å². The first kappa shape index (κ1) is 38.3. The third-order valence-electron chi connectivity index (χ3n) is 7.49. The lowest BCUT2D eigenvalue weighted by molar-refractivity contribution is -0.137. The van der Waals surface area contributed by atoms with Crippen molar-refractivity contribution in [3.63, 3.8) is 0 Å². The molecule has 2 rings (SSSR count). The first-order valence-electron chi connectivity index (χ1n) is 16.1. The number of hydrogen-bond donors (Lipinski definition) is 3. The average molecular weight is 665 g/mol. The summed E-state index contributed by atoms with van der Waals surface area (Å²) in [6, 6.07) is 7.13. The van der Waals surface area contributed by atoms with Crippen molar-refractivity contribution in [2.24, 2.45) is 5.41 Å². The summed E-state index contributed by atoms with van der Waals surface area (Å²) >= 11 is 13.0. The van der Waals surface area contributed by atoms with Gasteiger partial charge in [0, 0.05) is 31.5 Å². The lowest BCUT2D eigenvalue weighted by Crippen LogP contribution is -2.30. The number of Topliss-reactive ketones (excluding diaryl/α,β-unsaturated/α-hetero) is 1. The molecule has 2 aromatic rings. The van der Waals surface area contributed by atoms with Crippen molar-refractivity contribution in [1.29, 1.82) is 0 Å². The SMILES string of the molecule is Cc1ccnc(NCCCCC(=O)NCC(=O)CC(CC(=O)O)c2cc(Cl)c(OCCCCCCCCC(C)(C)C)c(Cl)c2)c1. The molecule has 0 saturated heterocycles. The zero-order valence-corrected chi connectivity index (χ0v) is 28.9. The van der Waals surface area contributed by atoms with Crippen LogP contribution in [0.1, 0.15) is 115 Å². The van der Waals surface area contributed by atoms with E-state index in [1.807, 2.05) is 19.1 Å². The van der Waals surface area contributed by atoms with Crippen LogP contribution in [-0.4, -0.2) is 47.4 Å². The molecule has 0 radical (unpaired) electrons. The molecule has 0 spiro atoms. The maximum Gasteiger partial charge on any atom is 0.303 e. The Morgan fingerprint density at radius 1 is 0.933 bits per heavy atom. The van der Waals surface area contributed by atoms with Crippen LogP contribution in [0, 0.1) is 12.3 Å². The van der Waals surface area contributed by atoms with E-state index in [2.05, 4.69) is 36.4 Å².